The molecule has 1 aliphatic rings. The number of nitrogens with zero attached hydrogens (tertiary/aromatic N) is 2. The number of carbonyl (C=O) groups is 1. The molecule has 2 aromatic rings. The molecule has 0 saturated carbocycles. The minimum atomic E-state index is -0.178. The van der Waals surface area contributed by atoms with Crippen LogP contribution in [-0.4, -0.2) is 24.0 Å². The largest absolute Gasteiger partial charge is 0.370 e. The maximum Gasteiger partial charge on any atom is 0.275 e. The molecule has 1 aromatic heterocycles. The third-order valence-corrected chi connectivity index (χ3v) is 4.93. The second kappa shape index (κ2) is 7.57. The molecule has 3 rings (SSSR count). The van der Waals surface area contributed by atoms with Gasteiger partial charge in [0.2, 0.25) is 0 Å². The Kier molecular flexibility index (Phi) is 5.25. The van der Waals surface area contributed by atoms with Crippen molar-refractivity contribution in [2.24, 2.45) is 5.73 Å². The van der Waals surface area contributed by atoms with Gasteiger partial charge in [-0.1, -0.05) is 25.0 Å². The van der Waals surface area contributed by atoms with Gasteiger partial charge in [-0.2, -0.15) is 0 Å². The number of benzene rings is 1. The summed E-state index contributed by atoms with van der Waals surface area (Å²) in [4.78, 5) is 19.0. The van der Waals surface area contributed by atoms with Gasteiger partial charge in [0.15, 0.2) is 0 Å². The molecule has 1 aromatic carbocycles. The Balaban J connectivity index is 1.78. The van der Waals surface area contributed by atoms with Crippen LogP contribution in [-0.2, 0) is 6.54 Å². The highest BCUT2D eigenvalue weighted by Gasteiger charge is 2.16. The zero-order chi connectivity index (χ0) is 16.1. The standard InChI is InChI=1S/C17H22N4OS/c18-11-16-19-14(12-23-16)17(22)20-13-7-3-4-8-15(13)21-9-5-1-2-6-10-21/h3-4,7-8,12H,1-2,5-6,9-11,18H2,(H,20,22). The van der Waals surface area contributed by atoms with E-state index in [1.54, 1.807) is 5.38 Å². The number of aromatic nitrogens is 1. The Morgan fingerprint density at radius 2 is 1.96 bits per heavy atom. The summed E-state index contributed by atoms with van der Waals surface area (Å²) in [6.07, 6.45) is 4.97. The SMILES string of the molecule is NCc1nc(C(=O)Nc2ccccc2N2CCCCCC2)cs1. The van der Waals surface area contributed by atoms with Gasteiger partial charge < -0.3 is 16.0 Å². The highest BCUT2D eigenvalue weighted by atomic mass is 32.1. The number of carbonyl (C=O) groups excluding carboxylic acids is 1. The third kappa shape index (κ3) is 3.89. The molecule has 1 fully saturated rings. The fraction of sp³-hybridized carbons (Fsp3) is 0.412. The van der Waals surface area contributed by atoms with E-state index in [1.165, 1.54) is 37.0 Å². The number of rotatable bonds is 4. The van der Waals surface area contributed by atoms with Crippen LogP contribution in [0.2, 0.25) is 0 Å². The van der Waals surface area contributed by atoms with Crippen LogP contribution in [0.25, 0.3) is 0 Å². The van der Waals surface area contributed by atoms with Crippen molar-refractivity contribution in [1.82, 2.24) is 4.98 Å². The maximum atomic E-state index is 12.4. The lowest BCUT2D eigenvalue weighted by Gasteiger charge is -2.25. The molecule has 23 heavy (non-hydrogen) atoms. The van der Waals surface area contributed by atoms with Crippen molar-refractivity contribution in [1.29, 1.82) is 0 Å². The van der Waals surface area contributed by atoms with Gasteiger partial charge in [-0.15, -0.1) is 11.3 Å². The van der Waals surface area contributed by atoms with E-state index >= 15 is 0 Å². The first-order valence-corrected chi connectivity index (χ1v) is 8.95. The molecule has 3 N–H and O–H groups in total. The molecule has 0 radical (unpaired) electrons. The molecular formula is C17H22N4OS. The first-order valence-electron chi connectivity index (χ1n) is 8.08. The Labute approximate surface area is 140 Å². The van der Waals surface area contributed by atoms with E-state index in [0.717, 1.165) is 29.5 Å². The first kappa shape index (κ1) is 16.0. The summed E-state index contributed by atoms with van der Waals surface area (Å²) in [6, 6.07) is 8.00. The van der Waals surface area contributed by atoms with Crippen LogP contribution in [0.15, 0.2) is 29.6 Å². The second-order valence-electron chi connectivity index (χ2n) is 5.70. The van der Waals surface area contributed by atoms with Crippen molar-refractivity contribution in [3.8, 4) is 0 Å². The van der Waals surface area contributed by atoms with Crippen LogP contribution in [0, 0.1) is 0 Å². The monoisotopic (exact) mass is 330 g/mol. The quantitative estimate of drug-likeness (QED) is 0.903. The molecule has 0 aliphatic carbocycles. The van der Waals surface area contributed by atoms with Gasteiger partial charge in [-0.3, -0.25) is 4.79 Å². The average Bonchev–Trinajstić information content (AvgIpc) is 2.90. The number of amides is 1. The van der Waals surface area contributed by atoms with Gasteiger partial charge in [0.05, 0.1) is 11.4 Å². The first-order chi connectivity index (χ1) is 11.3. The number of nitrogens with one attached hydrogen (secondary N) is 1. The lowest BCUT2D eigenvalue weighted by Crippen LogP contribution is -2.25. The third-order valence-electron chi connectivity index (χ3n) is 4.06. The zero-order valence-corrected chi connectivity index (χ0v) is 13.9. The Morgan fingerprint density at radius 1 is 1.22 bits per heavy atom. The van der Waals surface area contributed by atoms with Crippen LogP contribution >= 0.6 is 11.3 Å². The van der Waals surface area contributed by atoms with Crippen molar-refractivity contribution in [3.63, 3.8) is 0 Å². The lowest BCUT2D eigenvalue weighted by molar-refractivity contribution is 0.102. The molecule has 5 nitrogen and oxygen atoms in total. The summed E-state index contributed by atoms with van der Waals surface area (Å²) in [6.45, 7) is 2.45. The van der Waals surface area contributed by atoms with Gasteiger partial charge in [0.1, 0.15) is 10.7 Å². The Morgan fingerprint density at radius 3 is 2.65 bits per heavy atom. The normalized spacial score (nSPS) is 15.3. The number of nitrogens with two attached hydrogens (primary N) is 1. The van der Waals surface area contributed by atoms with Gasteiger partial charge in [-0.05, 0) is 25.0 Å². The van der Waals surface area contributed by atoms with E-state index in [-0.39, 0.29) is 5.91 Å². The van der Waals surface area contributed by atoms with Crippen molar-refractivity contribution >= 4 is 28.6 Å². The number of hydrogen-bond donors (Lipinski definition) is 2. The van der Waals surface area contributed by atoms with Crippen LogP contribution in [0.1, 0.15) is 41.2 Å². The molecular weight excluding hydrogens is 308 g/mol. The highest BCUT2D eigenvalue weighted by Crippen LogP contribution is 2.28. The molecule has 6 heteroatoms. The van der Waals surface area contributed by atoms with Crippen LogP contribution in [0.4, 0.5) is 11.4 Å². The van der Waals surface area contributed by atoms with E-state index in [0.29, 0.717) is 12.2 Å². The molecule has 0 spiro atoms. The van der Waals surface area contributed by atoms with Gasteiger partial charge >= 0.3 is 0 Å². The summed E-state index contributed by atoms with van der Waals surface area (Å²) >= 11 is 1.42. The van der Waals surface area contributed by atoms with Crippen molar-refractivity contribution in [2.45, 2.75) is 32.2 Å². The van der Waals surface area contributed by atoms with E-state index in [1.807, 2.05) is 18.2 Å². The van der Waals surface area contributed by atoms with E-state index in [9.17, 15) is 4.79 Å². The minimum absolute atomic E-state index is 0.178. The molecule has 122 valence electrons. The summed E-state index contributed by atoms with van der Waals surface area (Å²) in [5, 5.41) is 5.53. The highest BCUT2D eigenvalue weighted by molar-refractivity contribution is 7.09. The number of para-hydroxylation sites is 2. The molecule has 0 unspecified atom stereocenters. The topological polar surface area (TPSA) is 71.2 Å². The number of thiazole rings is 1. The Bertz CT molecular complexity index is 662. The van der Waals surface area contributed by atoms with Crippen LogP contribution in [0.5, 0.6) is 0 Å². The van der Waals surface area contributed by atoms with Crippen LogP contribution < -0.4 is 16.0 Å². The van der Waals surface area contributed by atoms with E-state index in [4.69, 9.17) is 5.73 Å². The molecule has 2 heterocycles. The average molecular weight is 330 g/mol. The number of hydrogen-bond acceptors (Lipinski definition) is 5. The molecule has 0 bridgehead atoms. The minimum Gasteiger partial charge on any atom is -0.370 e. The van der Waals surface area contributed by atoms with Gasteiger partial charge in [0, 0.05) is 25.0 Å². The van der Waals surface area contributed by atoms with Crippen LogP contribution in [0.3, 0.4) is 0 Å². The Hall–Kier alpha value is -1.92. The summed E-state index contributed by atoms with van der Waals surface area (Å²) in [5.74, 6) is -0.178. The molecule has 0 atom stereocenters. The fourth-order valence-electron chi connectivity index (χ4n) is 2.86. The van der Waals surface area contributed by atoms with Gasteiger partial charge in [-0.25, -0.2) is 4.98 Å². The predicted molar refractivity (Wildman–Crippen MR) is 95.1 cm³/mol. The smallest absolute Gasteiger partial charge is 0.275 e. The number of anilines is 2. The molecule has 1 amide bonds. The summed E-state index contributed by atoms with van der Waals surface area (Å²) in [5.41, 5.74) is 7.94. The molecule has 1 aliphatic heterocycles. The van der Waals surface area contributed by atoms with Crippen molar-refractivity contribution in [2.75, 3.05) is 23.3 Å². The van der Waals surface area contributed by atoms with E-state index in [2.05, 4.69) is 21.3 Å². The second-order valence-corrected chi connectivity index (χ2v) is 6.65. The zero-order valence-electron chi connectivity index (χ0n) is 13.1. The predicted octanol–water partition coefficient (Wildman–Crippen LogP) is 3.23. The van der Waals surface area contributed by atoms with Gasteiger partial charge in [0.25, 0.3) is 5.91 Å². The lowest BCUT2D eigenvalue weighted by atomic mass is 10.2. The summed E-state index contributed by atoms with van der Waals surface area (Å²) in [7, 11) is 0. The van der Waals surface area contributed by atoms with Crippen molar-refractivity contribution in [3.05, 3.63) is 40.3 Å². The van der Waals surface area contributed by atoms with E-state index < -0.39 is 0 Å². The summed E-state index contributed by atoms with van der Waals surface area (Å²) < 4.78 is 0. The fourth-order valence-corrected chi connectivity index (χ4v) is 3.52. The maximum absolute atomic E-state index is 12.4. The van der Waals surface area contributed by atoms with Crippen molar-refractivity contribution < 1.29 is 4.79 Å². The molecule has 1 saturated heterocycles.